The van der Waals surface area contributed by atoms with Crippen LogP contribution in [0.25, 0.3) is 0 Å². The van der Waals surface area contributed by atoms with E-state index in [2.05, 4.69) is 36.3 Å². The number of aromatic nitrogens is 1. The summed E-state index contributed by atoms with van der Waals surface area (Å²) in [5.41, 5.74) is 1.43. The van der Waals surface area contributed by atoms with Gasteiger partial charge in [-0.3, -0.25) is 4.98 Å². The van der Waals surface area contributed by atoms with Gasteiger partial charge in [-0.15, -0.1) is 0 Å². The standard InChI is InChI=1S/C12H18N2/c1-3-12-11(8-9(2)14-12)10-4-6-13-7-5-10/h4-7,9,11-12,14H,3,8H2,1-2H3. The van der Waals surface area contributed by atoms with Crippen molar-refractivity contribution in [1.29, 1.82) is 0 Å². The lowest BCUT2D eigenvalue weighted by molar-refractivity contribution is 0.517. The molecule has 0 aliphatic carbocycles. The lowest BCUT2D eigenvalue weighted by atomic mass is 9.90. The molecule has 1 aliphatic heterocycles. The Bertz CT molecular complexity index is 284. The van der Waals surface area contributed by atoms with Crippen molar-refractivity contribution in [2.75, 3.05) is 0 Å². The lowest BCUT2D eigenvalue weighted by Crippen LogP contribution is -2.28. The molecular weight excluding hydrogens is 172 g/mol. The minimum atomic E-state index is 0.646. The first kappa shape index (κ1) is 9.66. The van der Waals surface area contributed by atoms with Crippen LogP contribution in [0.3, 0.4) is 0 Å². The van der Waals surface area contributed by atoms with Gasteiger partial charge >= 0.3 is 0 Å². The van der Waals surface area contributed by atoms with Gasteiger partial charge in [-0.1, -0.05) is 6.92 Å². The van der Waals surface area contributed by atoms with Gasteiger partial charge in [0.2, 0.25) is 0 Å². The van der Waals surface area contributed by atoms with Crippen LogP contribution in [-0.4, -0.2) is 17.1 Å². The van der Waals surface area contributed by atoms with Crippen molar-refractivity contribution in [3.63, 3.8) is 0 Å². The molecule has 1 aliphatic rings. The Morgan fingerprint density at radius 1 is 1.43 bits per heavy atom. The van der Waals surface area contributed by atoms with E-state index in [1.54, 1.807) is 0 Å². The van der Waals surface area contributed by atoms with E-state index in [1.807, 2.05) is 12.4 Å². The van der Waals surface area contributed by atoms with E-state index in [0.717, 1.165) is 0 Å². The molecule has 76 valence electrons. The zero-order valence-corrected chi connectivity index (χ0v) is 8.90. The molecular formula is C12H18N2. The first-order valence-electron chi connectivity index (χ1n) is 5.47. The van der Waals surface area contributed by atoms with Crippen molar-refractivity contribution in [2.24, 2.45) is 0 Å². The zero-order chi connectivity index (χ0) is 9.97. The highest BCUT2D eigenvalue weighted by atomic mass is 15.0. The van der Waals surface area contributed by atoms with Crippen molar-refractivity contribution in [3.8, 4) is 0 Å². The first-order chi connectivity index (χ1) is 6.81. The first-order valence-corrected chi connectivity index (χ1v) is 5.47. The highest BCUT2D eigenvalue weighted by Crippen LogP contribution is 2.31. The minimum absolute atomic E-state index is 0.646. The van der Waals surface area contributed by atoms with Gasteiger partial charge in [0.15, 0.2) is 0 Å². The molecule has 0 amide bonds. The third-order valence-electron chi connectivity index (χ3n) is 3.17. The molecule has 2 nitrogen and oxygen atoms in total. The van der Waals surface area contributed by atoms with E-state index >= 15 is 0 Å². The number of hydrogen-bond acceptors (Lipinski definition) is 2. The average Bonchev–Trinajstić information content (AvgIpc) is 2.61. The fraction of sp³-hybridized carbons (Fsp3) is 0.583. The second-order valence-corrected chi connectivity index (χ2v) is 4.21. The van der Waals surface area contributed by atoms with Crippen LogP contribution in [0.4, 0.5) is 0 Å². The molecule has 0 radical (unpaired) electrons. The maximum absolute atomic E-state index is 4.07. The summed E-state index contributed by atoms with van der Waals surface area (Å²) in [4.78, 5) is 4.07. The van der Waals surface area contributed by atoms with Crippen LogP contribution in [0.1, 0.15) is 38.2 Å². The van der Waals surface area contributed by atoms with E-state index in [4.69, 9.17) is 0 Å². The van der Waals surface area contributed by atoms with Crippen molar-refractivity contribution < 1.29 is 0 Å². The smallest absolute Gasteiger partial charge is 0.0270 e. The summed E-state index contributed by atoms with van der Waals surface area (Å²) in [7, 11) is 0. The molecule has 0 saturated carbocycles. The lowest BCUT2D eigenvalue weighted by Gasteiger charge is -2.17. The largest absolute Gasteiger partial charge is 0.311 e. The average molecular weight is 190 g/mol. The summed E-state index contributed by atoms with van der Waals surface area (Å²) >= 11 is 0. The number of hydrogen-bond donors (Lipinski definition) is 1. The Hall–Kier alpha value is -0.890. The summed E-state index contributed by atoms with van der Waals surface area (Å²) in [6.07, 6.45) is 6.25. The van der Waals surface area contributed by atoms with Crippen LogP contribution in [-0.2, 0) is 0 Å². The van der Waals surface area contributed by atoms with Crippen LogP contribution in [0.15, 0.2) is 24.5 Å². The van der Waals surface area contributed by atoms with Crippen LogP contribution in [0, 0.1) is 0 Å². The fourth-order valence-electron chi connectivity index (χ4n) is 2.48. The van der Waals surface area contributed by atoms with Gasteiger partial charge in [0.25, 0.3) is 0 Å². The maximum atomic E-state index is 4.07. The van der Waals surface area contributed by atoms with E-state index in [-0.39, 0.29) is 0 Å². The van der Waals surface area contributed by atoms with Crippen molar-refractivity contribution in [1.82, 2.24) is 10.3 Å². The molecule has 14 heavy (non-hydrogen) atoms. The zero-order valence-electron chi connectivity index (χ0n) is 8.90. The third-order valence-corrected chi connectivity index (χ3v) is 3.17. The molecule has 2 rings (SSSR count). The Morgan fingerprint density at radius 2 is 2.14 bits per heavy atom. The molecule has 2 heterocycles. The summed E-state index contributed by atoms with van der Waals surface area (Å²) in [5.74, 6) is 0.679. The summed E-state index contributed by atoms with van der Waals surface area (Å²) in [6, 6.07) is 5.59. The molecule has 3 unspecified atom stereocenters. The normalized spacial score (nSPS) is 32.0. The predicted octanol–water partition coefficient (Wildman–Crippen LogP) is 2.33. The SMILES string of the molecule is CCC1NC(C)CC1c1ccncc1. The molecule has 1 aromatic heterocycles. The molecule has 1 saturated heterocycles. The van der Waals surface area contributed by atoms with Crippen LogP contribution in [0.2, 0.25) is 0 Å². The monoisotopic (exact) mass is 190 g/mol. The van der Waals surface area contributed by atoms with Gasteiger partial charge in [-0.25, -0.2) is 0 Å². The summed E-state index contributed by atoms with van der Waals surface area (Å²) in [6.45, 7) is 4.52. The molecule has 1 N–H and O–H groups in total. The highest BCUT2D eigenvalue weighted by Gasteiger charge is 2.30. The van der Waals surface area contributed by atoms with Crippen molar-refractivity contribution >= 4 is 0 Å². The van der Waals surface area contributed by atoms with Gasteiger partial charge in [0, 0.05) is 30.4 Å². The van der Waals surface area contributed by atoms with Gasteiger partial charge in [-0.2, -0.15) is 0 Å². The van der Waals surface area contributed by atoms with Crippen LogP contribution < -0.4 is 5.32 Å². The Balaban J connectivity index is 2.18. The fourth-order valence-corrected chi connectivity index (χ4v) is 2.48. The van der Waals surface area contributed by atoms with Gasteiger partial charge in [0.05, 0.1) is 0 Å². The van der Waals surface area contributed by atoms with Crippen molar-refractivity contribution in [2.45, 2.75) is 44.7 Å². The molecule has 2 heteroatoms. The van der Waals surface area contributed by atoms with E-state index in [0.29, 0.717) is 18.0 Å². The Morgan fingerprint density at radius 3 is 2.79 bits per heavy atom. The maximum Gasteiger partial charge on any atom is 0.0270 e. The Labute approximate surface area is 85.7 Å². The topological polar surface area (TPSA) is 24.9 Å². The molecule has 3 atom stereocenters. The molecule has 0 aromatic carbocycles. The van der Waals surface area contributed by atoms with Crippen LogP contribution >= 0.6 is 0 Å². The van der Waals surface area contributed by atoms with Crippen molar-refractivity contribution in [3.05, 3.63) is 30.1 Å². The summed E-state index contributed by atoms with van der Waals surface area (Å²) in [5, 5.41) is 3.63. The predicted molar refractivity (Wildman–Crippen MR) is 58.3 cm³/mol. The Kier molecular flexibility index (Phi) is 2.82. The van der Waals surface area contributed by atoms with E-state index in [9.17, 15) is 0 Å². The molecule has 0 bridgehead atoms. The van der Waals surface area contributed by atoms with Gasteiger partial charge < -0.3 is 5.32 Å². The quantitative estimate of drug-likeness (QED) is 0.774. The van der Waals surface area contributed by atoms with E-state index < -0.39 is 0 Å². The minimum Gasteiger partial charge on any atom is -0.311 e. The summed E-state index contributed by atoms with van der Waals surface area (Å²) < 4.78 is 0. The molecule has 1 fully saturated rings. The number of nitrogens with zero attached hydrogens (tertiary/aromatic N) is 1. The molecule has 1 aromatic rings. The third kappa shape index (κ3) is 1.80. The highest BCUT2D eigenvalue weighted by molar-refractivity contribution is 5.20. The second-order valence-electron chi connectivity index (χ2n) is 4.21. The number of nitrogens with one attached hydrogen (secondary N) is 1. The van der Waals surface area contributed by atoms with Gasteiger partial charge in [0.1, 0.15) is 0 Å². The van der Waals surface area contributed by atoms with Gasteiger partial charge in [-0.05, 0) is 37.5 Å². The number of rotatable bonds is 2. The van der Waals surface area contributed by atoms with Crippen LogP contribution in [0.5, 0.6) is 0 Å². The second kappa shape index (κ2) is 4.09. The van der Waals surface area contributed by atoms with E-state index in [1.165, 1.54) is 18.4 Å². The molecule has 0 spiro atoms. The number of pyridine rings is 1.